The summed E-state index contributed by atoms with van der Waals surface area (Å²) >= 11 is 0. The molecule has 142 valence electrons. The molecule has 5 heteroatoms. The first-order valence-electron chi connectivity index (χ1n) is 10.1. The summed E-state index contributed by atoms with van der Waals surface area (Å²) in [5.74, 6) is 2.80. The first-order chi connectivity index (χ1) is 12.5. The summed E-state index contributed by atoms with van der Waals surface area (Å²) in [4.78, 5) is 25.3. The molecule has 4 saturated carbocycles. The molecule has 0 atom stereocenters. The van der Waals surface area contributed by atoms with Crippen molar-refractivity contribution in [1.29, 1.82) is 0 Å². The van der Waals surface area contributed by atoms with Crippen LogP contribution in [0.15, 0.2) is 17.1 Å². The number of nitrogens with zero attached hydrogens (tertiary/aromatic N) is 1. The average molecular weight is 358 g/mol. The average Bonchev–Trinajstić information content (AvgIpc) is 2.59. The Kier molecular flexibility index (Phi) is 4.91. The highest BCUT2D eigenvalue weighted by Gasteiger charge is 2.48. The Balaban J connectivity index is 1.49. The van der Waals surface area contributed by atoms with Crippen molar-refractivity contribution in [2.24, 2.45) is 23.7 Å². The Hall–Kier alpha value is -1.62. The number of carbonyl (C=O) groups excluding carboxylic acids is 1. The second-order valence-corrected chi connectivity index (χ2v) is 8.66. The third-order valence-electron chi connectivity index (χ3n) is 6.86. The van der Waals surface area contributed by atoms with Crippen molar-refractivity contribution in [3.05, 3.63) is 33.7 Å². The van der Waals surface area contributed by atoms with Crippen LogP contribution in [0.3, 0.4) is 0 Å². The molecule has 5 nitrogen and oxygen atoms in total. The second kappa shape index (κ2) is 7.18. The molecule has 1 N–H and O–H groups in total. The minimum Gasteiger partial charge on any atom is -0.385 e. The normalized spacial score (nSPS) is 32.0. The number of carbonyl (C=O) groups is 1. The fraction of sp³-hybridized carbons (Fsp3) is 0.714. The van der Waals surface area contributed by atoms with Gasteiger partial charge >= 0.3 is 0 Å². The van der Waals surface area contributed by atoms with Gasteiger partial charge in [-0.05, 0) is 69.1 Å². The maximum Gasteiger partial charge on any atom is 0.256 e. The monoisotopic (exact) mass is 358 g/mol. The number of rotatable bonds is 6. The van der Waals surface area contributed by atoms with E-state index in [1.807, 2.05) is 11.5 Å². The third kappa shape index (κ3) is 3.34. The number of ether oxygens (including phenoxy) is 1. The lowest BCUT2D eigenvalue weighted by Crippen LogP contribution is -2.56. The molecule has 0 spiro atoms. The first kappa shape index (κ1) is 17.8. The van der Waals surface area contributed by atoms with Crippen LogP contribution in [0.1, 0.15) is 54.6 Å². The molecule has 1 amide bonds. The summed E-state index contributed by atoms with van der Waals surface area (Å²) < 4.78 is 7.10. The highest BCUT2D eigenvalue weighted by atomic mass is 16.5. The van der Waals surface area contributed by atoms with E-state index < -0.39 is 0 Å². The smallest absolute Gasteiger partial charge is 0.256 e. The lowest BCUT2D eigenvalue weighted by Gasteiger charge is -2.54. The van der Waals surface area contributed by atoms with Crippen molar-refractivity contribution in [3.8, 4) is 0 Å². The number of amides is 1. The fourth-order valence-electron chi connectivity index (χ4n) is 5.85. The van der Waals surface area contributed by atoms with Crippen LogP contribution in [-0.2, 0) is 11.3 Å². The minimum absolute atomic E-state index is 0.174. The van der Waals surface area contributed by atoms with Crippen LogP contribution in [0.25, 0.3) is 0 Å². The van der Waals surface area contributed by atoms with E-state index in [0.717, 1.165) is 30.5 Å². The van der Waals surface area contributed by atoms with Gasteiger partial charge in [0.1, 0.15) is 5.56 Å². The maximum absolute atomic E-state index is 12.9. The zero-order chi connectivity index (χ0) is 18.3. The van der Waals surface area contributed by atoms with Crippen LogP contribution in [0.2, 0.25) is 0 Å². The number of hydrogen-bond donors (Lipinski definition) is 1. The first-order valence-corrected chi connectivity index (χ1v) is 10.1. The molecule has 26 heavy (non-hydrogen) atoms. The Bertz CT molecular complexity index is 711. The molecule has 0 aromatic carbocycles. The van der Waals surface area contributed by atoms with Crippen LogP contribution >= 0.6 is 0 Å². The zero-order valence-electron chi connectivity index (χ0n) is 15.9. The molecule has 4 fully saturated rings. The van der Waals surface area contributed by atoms with E-state index >= 15 is 0 Å². The predicted molar refractivity (Wildman–Crippen MR) is 100 cm³/mol. The van der Waals surface area contributed by atoms with E-state index in [0.29, 0.717) is 18.4 Å². The van der Waals surface area contributed by atoms with Gasteiger partial charge < -0.3 is 14.6 Å². The van der Waals surface area contributed by atoms with Gasteiger partial charge in [0.15, 0.2) is 5.43 Å². The highest BCUT2D eigenvalue weighted by molar-refractivity contribution is 5.94. The lowest BCUT2D eigenvalue weighted by atomic mass is 9.54. The molecule has 4 aliphatic rings. The lowest BCUT2D eigenvalue weighted by molar-refractivity contribution is -0.0119. The largest absolute Gasteiger partial charge is 0.385 e. The standard InChI is InChI=1S/C21H30N2O3/c1-13-6-19(24)18(12-23(13)4-3-5-26-2)21(25)22-20-16-8-14-7-15(10-16)11-17(20)9-14/h6,12,14-17,20H,3-5,7-11H2,1-2H3,(H,22,25). The van der Waals surface area contributed by atoms with Gasteiger partial charge in [-0.2, -0.15) is 0 Å². The topological polar surface area (TPSA) is 60.3 Å². The van der Waals surface area contributed by atoms with Crippen molar-refractivity contribution in [2.75, 3.05) is 13.7 Å². The summed E-state index contributed by atoms with van der Waals surface area (Å²) in [6, 6.07) is 1.84. The van der Waals surface area contributed by atoms with E-state index in [2.05, 4.69) is 5.32 Å². The van der Waals surface area contributed by atoms with Crippen molar-refractivity contribution < 1.29 is 9.53 Å². The van der Waals surface area contributed by atoms with Crippen LogP contribution in [0.5, 0.6) is 0 Å². The highest BCUT2D eigenvalue weighted by Crippen LogP contribution is 2.53. The molecule has 4 aliphatic carbocycles. The molecule has 0 saturated heterocycles. The Labute approximate surface area is 155 Å². The van der Waals surface area contributed by atoms with Crippen molar-refractivity contribution >= 4 is 5.91 Å². The third-order valence-corrected chi connectivity index (χ3v) is 6.86. The van der Waals surface area contributed by atoms with Crippen molar-refractivity contribution in [1.82, 2.24) is 9.88 Å². The quantitative estimate of drug-likeness (QED) is 0.796. The molecule has 5 rings (SSSR count). The molecule has 1 aromatic rings. The van der Waals surface area contributed by atoms with Gasteiger partial charge in [0.2, 0.25) is 0 Å². The number of aryl methyl sites for hydroxylation is 2. The summed E-state index contributed by atoms with van der Waals surface area (Å²) in [5.41, 5.74) is 0.992. The number of nitrogens with one attached hydrogen (secondary N) is 1. The Morgan fingerprint density at radius 2 is 1.85 bits per heavy atom. The van der Waals surface area contributed by atoms with Crippen molar-refractivity contribution in [3.63, 3.8) is 0 Å². The molecule has 0 aliphatic heterocycles. The van der Waals surface area contributed by atoms with Gasteiger partial charge in [-0.1, -0.05) is 0 Å². The van der Waals surface area contributed by atoms with Gasteiger partial charge in [0, 0.05) is 44.3 Å². The van der Waals surface area contributed by atoms with Crippen molar-refractivity contribution in [2.45, 2.75) is 58.0 Å². The van der Waals surface area contributed by atoms with Gasteiger partial charge in [0.25, 0.3) is 5.91 Å². The Morgan fingerprint density at radius 3 is 2.46 bits per heavy atom. The van der Waals surface area contributed by atoms with Crippen LogP contribution in [0.4, 0.5) is 0 Å². The molecular weight excluding hydrogens is 328 g/mol. The molecular formula is C21H30N2O3. The maximum atomic E-state index is 12.9. The fourth-order valence-corrected chi connectivity index (χ4v) is 5.85. The number of aromatic nitrogens is 1. The Morgan fingerprint density at radius 1 is 1.19 bits per heavy atom. The van der Waals surface area contributed by atoms with Gasteiger partial charge in [-0.3, -0.25) is 9.59 Å². The summed E-state index contributed by atoms with van der Waals surface area (Å²) in [6.07, 6.45) is 9.02. The summed E-state index contributed by atoms with van der Waals surface area (Å²) in [7, 11) is 1.68. The molecule has 1 heterocycles. The number of methoxy groups -OCH3 is 1. The summed E-state index contributed by atoms with van der Waals surface area (Å²) in [6.45, 7) is 3.33. The van der Waals surface area contributed by atoms with E-state index in [1.54, 1.807) is 19.4 Å². The minimum atomic E-state index is -0.187. The number of pyridine rings is 1. The predicted octanol–water partition coefficient (Wildman–Crippen LogP) is 2.75. The van der Waals surface area contributed by atoms with Gasteiger partial charge in [-0.15, -0.1) is 0 Å². The van der Waals surface area contributed by atoms with E-state index in [9.17, 15) is 9.59 Å². The SMILES string of the molecule is COCCCn1cc(C(=O)NC2C3CC4CC(C3)CC2C4)c(=O)cc1C. The molecule has 1 aromatic heterocycles. The molecule has 4 bridgehead atoms. The van der Waals surface area contributed by atoms with Crippen LogP contribution in [-0.4, -0.2) is 30.2 Å². The van der Waals surface area contributed by atoms with Crippen LogP contribution < -0.4 is 10.7 Å². The second-order valence-electron chi connectivity index (χ2n) is 8.66. The van der Waals surface area contributed by atoms with E-state index in [1.165, 1.54) is 32.1 Å². The molecule has 0 unspecified atom stereocenters. The van der Waals surface area contributed by atoms with E-state index in [4.69, 9.17) is 4.74 Å². The molecule has 0 radical (unpaired) electrons. The number of hydrogen-bond acceptors (Lipinski definition) is 3. The van der Waals surface area contributed by atoms with Gasteiger partial charge in [-0.25, -0.2) is 0 Å². The zero-order valence-corrected chi connectivity index (χ0v) is 15.9. The summed E-state index contributed by atoms with van der Waals surface area (Å²) in [5, 5.41) is 3.26. The van der Waals surface area contributed by atoms with Crippen LogP contribution in [0, 0.1) is 30.6 Å². The van der Waals surface area contributed by atoms with Gasteiger partial charge in [0.05, 0.1) is 0 Å². The van der Waals surface area contributed by atoms with E-state index in [-0.39, 0.29) is 22.9 Å².